The molecule has 0 spiro atoms. The molecule has 0 heterocycles. The van der Waals surface area contributed by atoms with Gasteiger partial charge >= 0.3 is 6.36 Å². The van der Waals surface area contributed by atoms with Crippen LogP contribution in [0.25, 0.3) is 0 Å². The first-order valence-corrected chi connectivity index (χ1v) is 4.03. The quantitative estimate of drug-likeness (QED) is 0.782. The van der Waals surface area contributed by atoms with Crippen molar-refractivity contribution in [3.05, 3.63) is 29.6 Å². The molecule has 1 aromatic carbocycles. The number of aliphatic hydroxyl groups is 1. The molecule has 1 atom stereocenters. The van der Waals surface area contributed by atoms with E-state index < -0.39 is 24.0 Å². The van der Waals surface area contributed by atoms with Crippen molar-refractivity contribution in [2.24, 2.45) is 0 Å². The van der Waals surface area contributed by atoms with Crippen LogP contribution in [-0.2, 0) is 0 Å². The summed E-state index contributed by atoms with van der Waals surface area (Å²) in [7, 11) is 0. The highest BCUT2D eigenvalue weighted by Crippen LogP contribution is 2.27. The number of ether oxygens (including phenoxy) is 1. The van der Waals surface area contributed by atoms with Gasteiger partial charge in [-0.15, -0.1) is 13.2 Å². The monoisotopic (exact) mass is 224 g/mol. The number of hydrogen-bond donors (Lipinski definition) is 1. The van der Waals surface area contributed by atoms with E-state index in [0.717, 1.165) is 18.2 Å². The number of rotatable bonds is 2. The Labute approximate surface area is 83.1 Å². The maximum absolute atomic E-state index is 13.0. The fraction of sp³-hybridized carbons (Fsp3) is 0.333. The smallest absolute Gasteiger partial charge is 0.403 e. The van der Waals surface area contributed by atoms with E-state index in [2.05, 4.69) is 4.74 Å². The minimum absolute atomic E-state index is 0.182. The third kappa shape index (κ3) is 3.39. The molecule has 1 rings (SSSR count). The molecule has 1 N–H and O–H groups in total. The summed E-state index contributed by atoms with van der Waals surface area (Å²) in [5, 5.41) is 9.04. The van der Waals surface area contributed by atoms with E-state index in [1.807, 2.05) is 0 Å². The average molecular weight is 224 g/mol. The second-order valence-corrected chi connectivity index (χ2v) is 2.91. The third-order valence-electron chi connectivity index (χ3n) is 1.66. The Hall–Kier alpha value is -1.30. The number of alkyl halides is 3. The zero-order valence-electron chi connectivity index (χ0n) is 7.68. The molecule has 0 saturated carbocycles. The van der Waals surface area contributed by atoms with Crippen LogP contribution in [0.5, 0.6) is 5.75 Å². The average Bonchev–Trinajstić information content (AvgIpc) is 2.05. The molecule has 0 unspecified atom stereocenters. The Morgan fingerprint density at radius 2 is 1.93 bits per heavy atom. The summed E-state index contributed by atoms with van der Waals surface area (Å²) in [4.78, 5) is 0. The van der Waals surface area contributed by atoms with Crippen LogP contribution < -0.4 is 4.74 Å². The fourth-order valence-electron chi connectivity index (χ4n) is 0.984. The van der Waals surface area contributed by atoms with Crippen molar-refractivity contribution in [1.29, 1.82) is 0 Å². The van der Waals surface area contributed by atoms with Gasteiger partial charge in [0.05, 0.1) is 6.10 Å². The first-order valence-electron chi connectivity index (χ1n) is 4.03. The van der Waals surface area contributed by atoms with Crippen molar-refractivity contribution in [2.75, 3.05) is 0 Å². The van der Waals surface area contributed by atoms with Crippen LogP contribution in [0, 0.1) is 5.82 Å². The molecule has 1 aromatic rings. The molecule has 15 heavy (non-hydrogen) atoms. The Bertz CT molecular complexity index is 346. The van der Waals surface area contributed by atoms with Gasteiger partial charge in [-0.25, -0.2) is 4.39 Å². The molecule has 0 bridgehead atoms. The summed E-state index contributed by atoms with van der Waals surface area (Å²) in [5.74, 6) is -2.07. The molecule has 6 heteroatoms. The molecule has 0 fully saturated rings. The van der Waals surface area contributed by atoms with E-state index in [4.69, 9.17) is 5.11 Å². The summed E-state index contributed by atoms with van der Waals surface area (Å²) >= 11 is 0. The molecule has 0 aliphatic heterocycles. The van der Waals surface area contributed by atoms with Crippen LogP contribution in [0.15, 0.2) is 18.2 Å². The van der Waals surface area contributed by atoms with E-state index in [9.17, 15) is 17.6 Å². The molecular formula is C9H8F4O2. The third-order valence-corrected chi connectivity index (χ3v) is 1.66. The van der Waals surface area contributed by atoms with Gasteiger partial charge in [-0.3, -0.25) is 0 Å². The number of benzene rings is 1. The van der Waals surface area contributed by atoms with Crippen LogP contribution >= 0.6 is 0 Å². The van der Waals surface area contributed by atoms with Crippen LogP contribution in [0.4, 0.5) is 17.6 Å². The lowest BCUT2D eigenvalue weighted by Crippen LogP contribution is -2.18. The van der Waals surface area contributed by atoms with Crippen LogP contribution in [0.3, 0.4) is 0 Å². The molecule has 2 nitrogen and oxygen atoms in total. The SMILES string of the molecule is C[C@H](O)c1ccc(OC(F)(F)F)c(F)c1. The maximum atomic E-state index is 13.0. The minimum Gasteiger partial charge on any atom is -0.403 e. The zero-order valence-corrected chi connectivity index (χ0v) is 7.68. The fourth-order valence-corrected chi connectivity index (χ4v) is 0.984. The molecule has 84 valence electrons. The van der Waals surface area contributed by atoms with Gasteiger partial charge in [-0.2, -0.15) is 0 Å². The zero-order chi connectivity index (χ0) is 11.6. The first kappa shape index (κ1) is 11.8. The van der Waals surface area contributed by atoms with E-state index in [0.29, 0.717) is 0 Å². The van der Waals surface area contributed by atoms with Crippen molar-refractivity contribution in [2.45, 2.75) is 19.4 Å². The lowest BCUT2D eigenvalue weighted by molar-refractivity contribution is -0.275. The van der Waals surface area contributed by atoms with Crippen molar-refractivity contribution in [1.82, 2.24) is 0 Å². The molecular weight excluding hydrogens is 216 g/mol. The van der Waals surface area contributed by atoms with Gasteiger partial charge in [-0.1, -0.05) is 6.07 Å². The number of halogens is 4. The van der Waals surface area contributed by atoms with Gasteiger partial charge in [0.2, 0.25) is 0 Å². The lowest BCUT2D eigenvalue weighted by Gasteiger charge is -2.11. The Morgan fingerprint density at radius 1 is 1.33 bits per heavy atom. The predicted molar refractivity (Wildman–Crippen MR) is 43.7 cm³/mol. The van der Waals surface area contributed by atoms with E-state index in [1.54, 1.807) is 0 Å². The van der Waals surface area contributed by atoms with Crippen LogP contribution in [0.1, 0.15) is 18.6 Å². The molecule has 0 aromatic heterocycles. The van der Waals surface area contributed by atoms with E-state index in [1.165, 1.54) is 6.92 Å². The van der Waals surface area contributed by atoms with Crippen molar-refractivity contribution < 1.29 is 27.4 Å². The summed E-state index contributed by atoms with van der Waals surface area (Å²) in [6, 6.07) is 2.78. The summed E-state index contributed by atoms with van der Waals surface area (Å²) in [6.07, 6.45) is -5.87. The first-order chi connectivity index (χ1) is 6.79. The molecule has 0 aliphatic rings. The van der Waals surface area contributed by atoms with Crippen LogP contribution in [0.2, 0.25) is 0 Å². The highest BCUT2D eigenvalue weighted by Gasteiger charge is 2.32. The van der Waals surface area contributed by atoms with Gasteiger partial charge in [0.1, 0.15) is 0 Å². The van der Waals surface area contributed by atoms with Gasteiger partial charge in [0.25, 0.3) is 0 Å². The maximum Gasteiger partial charge on any atom is 0.573 e. The van der Waals surface area contributed by atoms with Gasteiger partial charge < -0.3 is 9.84 Å². The standard InChI is InChI=1S/C9H8F4O2/c1-5(14)6-2-3-8(7(10)4-6)15-9(11,12)13/h2-5,14H,1H3/t5-/m0/s1. The highest BCUT2D eigenvalue weighted by atomic mass is 19.4. The summed E-state index contributed by atoms with van der Waals surface area (Å²) < 4.78 is 51.6. The topological polar surface area (TPSA) is 29.5 Å². The lowest BCUT2D eigenvalue weighted by atomic mass is 10.1. The number of hydrogen-bond acceptors (Lipinski definition) is 2. The van der Waals surface area contributed by atoms with Crippen molar-refractivity contribution in [3.8, 4) is 5.75 Å². The Kier molecular flexibility index (Phi) is 3.18. The normalized spacial score (nSPS) is 13.7. The van der Waals surface area contributed by atoms with E-state index in [-0.39, 0.29) is 5.56 Å². The molecule has 0 saturated heterocycles. The predicted octanol–water partition coefficient (Wildman–Crippen LogP) is 2.78. The van der Waals surface area contributed by atoms with E-state index >= 15 is 0 Å². The van der Waals surface area contributed by atoms with Crippen molar-refractivity contribution >= 4 is 0 Å². The van der Waals surface area contributed by atoms with Gasteiger partial charge in [-0.05, 0) is 24.6 Å². The summed E-state index contributed by atoms with van der Waals surface area (Å²) in [6.45, 7) is 1.37. The van der Waals surface area contributed by atoms with Gasteiger partial charge in [0, 0.05) is 0 Å². The second kappa shape index (κ2) is 4.06. The molecule has 0 amide bonds. The number of aliphatic hydroxyl groups excluding tert-OH is 1. The summed E-state index contributed by atoms with van der Waals surface area (Å²) in [5.41, 5.74) is 0.182. The molecule has 0 radical (unpaired) electrons. The minimum atomic E-state index is -4.92. The second-order valence-electron chi connectivity index (χ2n) is 2.91. The highest BCUT2D eigenvalue weighted by molar-refractivity contribution is 5.30. The van der Waals surface area contributed by atoms with Gasteiger partial charge in [0.15, 0.2) is 11.6 Å². The van der Waals surface area contributed by atoms with Crippen molar-refractivity contribution in [3.63, 3.8) is 0 Å². The Morgan fingerprint density at radius 3 is 2.33 bits per heavy atom. The largest absolute Gasteiger partial charge is 0.573 e. The van der Waals surface area contributed by atoms with Crippen LogP contribution in [-0.4, -0.2) is 11.5 Å². The Balaban J connectivity index is 2.94. The molecule has 0 aliphatic carbocycles.